The Labute approximate surface area is 140 Å². The molecule has 2 aromatic rings. The van der Waals surface area contributed by atoms with E-state index >= 15 is 0 Å². The number of halogens is 1. The predicted octanol–water partition coefficient (Wildman–Crippen LogP) is 3.01. The van der Waals surface area contributed by atoms with Crippen LogP contribution in [0.5, 0.6) is 0 Å². The number of aromatic nitrogens is 3. The molecule has 0 aliphatic heterocycles. The maximum Gasteiger partial charge on any atom is 0.256 e. The summed E-state index contributed by atoms with van der Waals surface area (Å²) in [5, 5.41) is 7.70. The quantitative estimate of drug-likeness (QED) is 0.920. The third-order valence-corrected chi connectivity index (χ3v) is 6.29. The molecule has 0 spiro atoms. The first-order valence-electron chi connectivity index (χ1n) is 7.84. The normalized spacial score (nSPS) is 27.0. The highest BCUT2D eigenvalue weighted by Crippen LogP contribution is 2.65. The molecule has 6 heteroatoms. The van der Waals surface area contributed by atoms with Gasteiger partial charge in [-0.3, -0.25) is 14.5 Å². The Balaban J connectivity index is 1.78. The molecule has 1 fully saturated rings. The molecule has 1 amide bonds. The third kappa shape index (κ3) is 1.71. The second kappa shape index (κ2) is 4.57. The summed E-state index contributed by atoms with van der Waals surface area (Å²) in [4.78, 5) is 17.4. The van der Waals surface area contributed by atoms with Crippen molar-refractivity contribution in [3.8, 4) is 0 Å². The molecule has 2 atom stereocenters. The number of amides is 1. The zero-order chi connectivity index (χ0) is 16.4. The third-order valence-electron chi connectivity index (χ3n) is 5.85. The second-order valence-corrected chi connectivity index (χ2v) is 7.44. The molecule has 2 unspecified atom stereocenters. The van der Waals surface area contributed by atoms with Gasteiger partial charge in [-0.25, -0.2) is 0 Å². The minimum Gasteiger partial charge on any atom is -0.342 e. The lowest BCUT2D eigenvalue weighted by atomic mass is 9.74. The van der Waals surface area contributed by atoms with Gasteiger partial charge in [0.1, 0.15) is 5.15 Å². The van der Waals surface area contributed by atoms with E-state index in [1.807, 2.05) is 12.3 Å². The molecule has 2 aliphatic carbocycles. The Kier molecular flexibility index (Phi) is 2.92. The van der Waals surface area contributed by atoms with E-state index in [2.05, 4.69) is 35.3 Å². The number of nitrogens with zero attached hydrogens (tertiary/aromatic N) is 3. The highest BCUT2D eigenvalue weighted by Gasteiger charge is 2.63. The molecule has 0 radical (unpaired) electrons. The summed E-state index contributed by atoms with van der Waals surface area (Å²) in [7, 11) is 1.72. The molecular formula is C17H19ClN4O. The molecule has 2 aliphatic rings. The van der Waals surface area contributed by atoms with Crippen LogP contribution in [-0.4, -0.2) is 20.7 Å². The average molecular weight is 331 g/mol. The average Bonchev–Trinajstić information content (AvgIpc) is 3.05. The van der Waals surface area contributed by atoms with Crippen molar-refractivity contribution in [2.24, 2.45) is 12.5 Å². The molecule has 1 saturated carbocycles. The Bertz CT molecular complexity index is 813. The Morgan fingerprint density at radius 2 is 2.26 bits per heavy atom. The van der Waals surface area contributed by atoms with Crippen LogP contribution in [0.1, 0.15) is 54.2 Å². The van der Waals surface area contributed by atoms with Crippen molar-refractivity contribution in [3.63, 3.8) is 0 Å². The number of hydrogen-bond acceptors (Lipinski definition) is 3. The number of carbonyl (C=O) groups excluding carboxylic acids is 1. The van der Waals surface area contributed by atoms with E-state index < -0.39 is 5.54 Å². The Morgan fingerprint density at radius 1 is 1.48 bits per heavy atom. The number of fused-ring (bicyclic) bond motifs is 5. The van der Waals surface area contributed by atoms with E-state index in [1.165, 1.54) is 10.9 Å². The van der Waals surface area contributed by atoms with Gasteiger partial charge in [-0.05, 0) is 24.5 Å². The van der Waals surface area contributed by atoms with Crippen molar-refractivity contribution in [1.29, 1.82) is 0 Å². The largest absolute Gasteiger partial charge is 0.342 e. The number of nitrogens with one attached hydrogen (secondary N) is 1. The monoisotopic (exact) mass is 330 g/mol. The van der Waals surface area contributed by atoms with E-state index in [0.717, 1.165) is 24.1 Å². The van der Waals surface area contributed by atoms with E-state index in [0.29, 0.717) is 16.6 Å². The van der Waals surface area contributed by atoms with Crippen molar-refractivity contribution in [3.05, 3.63) is 46.5 Å². The van der Waals surface area contributed by atoms with Crippen LogP contribution in [-0.2, 0) is 12.6 Å². The second-order valence-electron chi connectivity index (χ2n) is 7.08. The summed E-state index contributed by atoms with van der Waals surface area (Å²) in [5.74, 6) is 0.205. The number of aryl methyl sites for hydroxylation is 1. The van der Waals surface area contributed by atoms with Gasteiger partial charge in [0.25, 0.3) is 5.91 Å². The summed E-state index contributed by atoms with van der Waals surface area (Å²) in [6.07, 6.45) is 5.32. The van der Waals surface area contributed by atoms with Gasteiger partial charge in [0.2, 0.25) is 0 Å². The fourth-order valence-corrected chi connectivity index (χ4v) is 4.66. The molecule has 2 bridgehead atoms. The summed E-state index contributed by atoms with van der Waals surface area (Å²) < 4.78 is 1.50. The van der Waals surface area contributed by atoms with Crippen LogP contribution < -0.4 is 5.32 Å². The standard InChI is InChI=1S/C17H19ClN4O/c1-16(2)11-6-7-17(16,12-5-4-8-19-13(11)12)21-15(23)10-9-20-22(3)14(10)18/h4-5,8-9,11H,6-7H2,1-3H3,(H,21,23). The molecule has 1 N–H and O–H groups in total. The molecule has 2 heterocycles. The van der Waals surface area contributed by atoms with Crippen LogP contribution in [0.2, 0.25) is 5.15 Å². The Morgan fingerprint density at radius 3 is 2.96 bits per heavy atom. The first-order chi connectivity index (χ1) is 10.9. The topological polar surface area (TPSA) is 59.8 Å². The number of rotatable bonds is 2. The van der Waals surface area contributed by atoms with Crippen molar-refractivity contribution in [2.45, 2.75) is 38.1 Å². The molecule has 0 saturated heterocycles. The molecule has 120 valence electrons. The zero-order valence-corrected chi connectivity index (χ0v) is 14.2. The summed E-state index contributed by atoms with van der Waals surface area (Å²) in [6, 6.07) is 4.04. The van der Waals surface area contributed by atoms with E-state index in [9.17, 15) is 4.79 Å². The highest BCUT2D eigenvalue weighted by molar-refractivity contribution is 6.32. The van der Waals surface area contributed by atoms with Crippen LogP contribution in [0.3, 0.4) is 0 Å². The number of hydrogen-bond donors (Lipinski definition) is 1. The SMILES string of the molecule is Cn1ncc(C(=O)NC23CCC(c4ncccc42)C3(C)C)c1Cl. The fourth-order valence-electron chi connectivity index (χ4n) is 4.48. The van der Waals surface area contributed by atoms with E-state index in [1.54, 1.807) is 7.05 Å². The van der Waals surface area contributed by atoms with Crippen molar-refractivity contribution in [2.75, 3.05) is 0 Å². The lowest BCUT2D eigenvalue weighted by Crippen LogP contribution is -2.51. The maximum atomic E-state index is 12.8. The van der Waals surface area contributed by atoms with Gasteiger partial charge in [0, 0.05) is 30.3 Å². The molecule has 4 rings (SSSR count). The Hall–Kier alpha value is -1.88. The van der Waals surface area contributed by atoms with Gasteiger partial charge >= 0.3 is 0 Å². The molecule has 2 aromatic heterocycles. The van der Waals surface area contributed by atoms with Crippen LogP contribution in [0.15, 0.2) is 24.5 Å². The lowest BCUT2D eigenvalue weighted by Gasteiger charge is -2.39. The van der Waals surface area contributed by atoms with Crippen molar-refractivity contribution in [1.82, 2.24) is 20.1 Å². The van der Waals surface area contributed by atoms with Gasteiger partial charge < -0.3 is 5.32 Å². The van der Waals surface area contributed by atoms with Crippen LogP contribution in [0.4, 0.5) is 0 Å². The van der Waals surface area contributed by atoms with Crippen LogP contribution in [0, 0.1) is 5.41 Å². The van der Waals surface area contributed by atoms with Gasteiger partial charge in [-0.2, -0.15) is 5.10 Å². The number of carbonyl (C=O) groups is 1. The minimum atomic E-state index is -0.391. The zero-order valence-electron chi connectivity index (χ0n) is 13.4. The van der Waals surface area contributed by atoms with Gasteiger partial charge in [-0.1, -0.05) is 31.5 Å². The maximum absolute atomic E-state index is 12.8. The van der Waals surface area contributed by atoms with Crippen molar-refractivity contribution >= 4 is 17.5 Å². The van der Waals surface area contributed by atoms with E-state index in [4.69, 9.17) is 11.6 Å². The molecule has 23 heavy (non-hydrogen) atoms. The molecule has 5 nitrogen and oxygen atoms in total. The molecule has 0 aromatic carbocycles. The van der Waals surface area contributed by atoms with E-state index in [-0.39, 0.29) is 11.3 Å². The summed E-state index contributed by atoms with van der Waals surface area (Å²) >= 11 is 6.19. The van der Waals surface area contributed by atoms with Crippen LogP contribution in [0.25, 0.3) is 0 Å². The summed E-state index contributed by atoms with van der Waals surface area (Å²) in [5.41, 5.74) is 2.22. The predicted molar refractivity (Wildman–Crippen MR) is 87.4 cm³/mol. The van der Waals surface area contributed by atoms with Crippen molar-refractivity contribution < 1.29 is 4.79 Å². The van der Waals surface area contributed by atoms with Gasteiger partial charge in [-0.15, -0.1) is 0 Å². The minimum absolute atomic E-state index is 0.0754. The van der Waals surface area contributed by atoms with Gasteiger partial charge in [0.05, 0.1) is 17.3 Å². The van der Waals surface area contributed by atoms with Gasteiger partial charge in [0.15, 0.2) is 0 Å². The lowest BCUT2D eigenvalue weighted by molar-refractivity contribution is 0.0809. The smallest absolute Gasteiger partial charge is 0.256 e. The highest BCUT2D eigenvalue weighted by atomic mass is 35.5. The number of pyridine rings is 1. The van der Waals surface area contributed by atoms with Crippen LogP contribution >= 0.6 is 11.6 Å². The molecular weight excluding hydrogens is 312 g/mol. The first-order valence-corrected chi connectivity index (χ1v) is 8.22. The fraction of sp³-hybridized carbons (Fsp3) is 0.471. The summed E-state index contributed by atoms with van der Waals surface area (Å²) in [6.45, 7) is 4.44. The first kappa shape index (κ1) is 14.7.